The number of benzene rings is 1. The number of aromatic nitrogens is 1. The molecule has 1 aromatic carbocycles. The number of piperidine rings is 1. The Labute approximate surface area is 222 Å². The lowest BCUT2D eigenvalue weighted by molar-refractivity contribution is 0.0702. The first kappa shape index (κ1) is 24.3. The third-order valence-electron chi connectivity index (χ3n) is 8.57. The van der Waals surface area contributed by atoms with Crippen LogP contribution in [0.25, 0.3) is 21.5 Å². The van der Waals surface area contributed by atoms with Crippen molar-refractivity contribution in [2.24, 2.45) is 5.92 Å². The molecule has 36 heavy (non-hydrogen) atoms. The molecule has 0 spiro atoms. The van der Waals surface area contributed by atoms with Crippen molar-refractivity contribution in [1.82, 2.24) is 9.47 Å². The van der Waals surface area contributed by atoms with Crippen LogP contribution in [0.3, 0.4) is 0 Å². The number of halogens is 1. The zero-order valence-corrected chi connectivity index (χ0v) is 22.7. The fraction of sp³-hybridized carbons (Fsp3) is 0.552. The van der Waals surface area contributed by atoms with E-state index in [0.29, 0.717) is 10.8 Å². The summed E-state index contributed by atoms with van der Waals surface area (Å²) in [5.74, 6) is 0.444. The van der Waals surface area contributed by atoms with Gasteiger partial charge in [0.25, 0.3) is 0 Å². The number of carbonyl (C=O) groups is 1. The maximum absolute atomic E-state index is 11.9. The van der Waals surface area contributed by atoms with E-state index in [1.165, 1.54) is 96.6 Å². The standard InChI is InChI=1S/C29H36ClN3O2S/c1-19-6-5-11-31(18-19)12-13-32-14-15-33-24-17-25(29(34)35)36-28(24)26(20-7-3-2-4-8-20)27(33)22-10-9-21(30)16-23(22)32/h9-10,16-17,19-20H,2-8,11-15,18H2,1H3,(H,34,35). The van der Waals surface area contributed by atoms with Gasteiger partial charge in [-0.15, -0.1) is 11.3 Å². The van der Waals surface area contributed by atoms with Crippen LogP contribution in [0.4, 0.5) is 5.69 Å². The highest BCUT2D eigenvalue weighted by Crippen LogP contribution is 2.49. The Hall–Kier alpha value is -2.02. The number of carboxylic acids is 1. The average molecular weight is 526 g/mol. The molecule has 3 aromatic rings. The second-order valence-electron chi connectivity index (χ2n) is 11.1. The lowest BCUT2D eigenvalue weighted by Gasteiger charge is -2.33. The van der Waals surface area contributed by atoms with Gasteiger partial charge in [0.1, 0.15) is 4.88 Å². The summed E-state index contributed by atoms with van der Waals surface area (Å²) in [5.41, 5.74) is 6.27. The summed E-state index contributed by atoms with van der Waals surface area (Å²) < 4.78 is 3.61. The molecule has 6 rings (SSSR count). The molecular formula is C29H36ClN3O2S. The molecule has 1 N–H and O–H groups in total. The highest BCUT2D eigenvalue weighted by molar-refractivity contribution is 7.21. The lowest BCUT2D eigenvalue weighted by atomic mass is 9.83. The van der Waals surface area contributed by atoms with Gasteiger partial charge in [0.2, 0.25) is 0 Å². The van der Waals surface area contributed by atoms with E-state index in [-0.39, 0.29) is 0 Å². The van der Waals surface area contributed by atoms with Crippen LogP contribution in [0.15, 0.2) is 24.3 Å². The minimum Gasteiger partial charge on any atom is -0.477 e. The quantitative estimate of drug-likeness (QED) is 0.379. The third-order valence-corrected chi connectivity index (χ3v) is 9.95. The summed E-state index contributed by atoms with van der Waals surface area (Å²) in [5, 5.41) is 10.6. The predicted octanol–water partition coefficient (Wildman–Crippen LogP) is 7.32. The van der Waals surface area contributed by atoms with Gasteiger partial charge in [0.15, 0.2) is 0 Å². The first-order chi connectivity index (χ1) is 17.5. The Bertz CT molecular complexity index is 1280. The monoisotopic (exact) mass is 525 g/mol. The smallest absolute Gasteiger partial charge is 0.345 e. The minimum absolute atomic E-state index is 0.448. The Morgan fingerprint density at radius 2 is 1.89 bits per heavy atom. The molecule has 5 nitrogen and oxygen atoms in total. The second kappa shape index (κ2) is 10.0. The first-order valence-electron chi connectivity index (χ1n) is 13.7. The van der Waals surface area contributed by atoms with Gasteiger partial charge >= 0.3 is 5.97 Å². The molecule has 2 aromatic heterocycles. The van der Waals surface area contributed by atoms with E-state index in [9.17, 15) is 9.90 Å². The van der Waals surface area contributed by atoms with Crippen molar-refractivity contribution in [1.29, 1.82) is 0 Å². The van der Waals surface area contributed by atoms with Crippen molar-refractivity contribution >= 4 is 44.8 Å². The van der Waals surface area contributed by atoms with Crippen molar-refractivity contribution < 1.29 is 9.90 Å². The van der Waals surface area contributed by atoms with Crippen molar-refractivity contribution in [3.63, 3.8) is 0 Å². The van der Waals surface area contributed by atoms with E-state index in [2.05, 4.69) is 33.4 Å². The zero-order chi connectivity index (χ0) is 24.8. The summed E-state index contributed by atoms with van der Waals surface area (Å²) in [6, 6.07) is 8.30. The summed E-state index contributed by atoms with van der Waals surface area (Å²) in [6.07, 6.45) is 8.81. The number of likely N-dealkylation sites (tertiary alicyclic amines) is 1. The number of hydrogen-bond acceptors (Lipinski definition) is 4. The van der Waals surface area contributed by atoms with Crippen molar-refractivity contribution in [3.8, 4) is 11.3 Å². The number of thiophene rings is 1. The molecule has 1 atom stereocenters. The molecule has 192 valence electrons. The molecule has 1 saturated heterocycles. The summed E-state index contributed by atoms with van der Waals surface area (Å²) in [4.78, 5) is 17.5. The van der Waals surface area contributed by atoms with E-state index in [4.69, 9.17) is 11.6 Å². The van der Waals surface area contributed by atoms with E-state index in [1.54, 1.807) is 0 Å². The SMILES string of the molecule is CC1CCCN(CCN2CCn3c(c(C4CCCCC4)c4sc(C(=O)O)cc43)-c3ccc(Cl)cc32)C1. The molecule has 2 aliphatic heterocycles. The molecule has 1 aliphatic carbocycles. The number of aromatic carboxylic acids is 1. The molecule has 1 unspecified atom stereocenters. The van der Waals surface area contributed by atoms with Crippen LogP contribution in [0.1, 0.15) is 73.0 Å². The Kier molecular flexibility index (Phi) is 6.78. The van der Waals surface area contributed by atoms with Gasteiger partial charge in [-0.1, -0.05) is 37.8 Å². The molecule has 7 heteroatoms. The van der Waals surface area contributed by atoms with Gasteiger partial charge in [0.05, 0.1) is 15.9 Å². The second-order valence-corrected chi connectivity index (χ2v) is 12.6. The Morgan fingerprint density at radius 1 is 1.06 bits per heavy atom. The van der Waals surface area contributed by atoms with Crippen LogP contribution >= 0.6 is 22.9 Å². The maximum atomic E-state index is 11.9. The normalized spacial score (nSPS) is 21.4. The fourth-order valence-electron chi connectivity index (χ4n) is 6.84. The maximum Gasteiger partial charge on any atom is 0.345 e. The highest BCUT2D eigenvalue weighted by atomic mass is 35.5. The van der Waals surface area contributed by atoms with Crippen LogP contribution in [0.2, 0.25) is 5.02 Å². The molecule has 0 amide bonds. The minimum atomic E-state index is -0.821. The summed E-state index contributed by atoms with van der Waals surface area (Å²) in [6.45, 7) is 8.56. The van der Waals surface area contributed by atoms with Gasteiger partial charge in [-0.3, -0.25) is 0 Å². The lowest BCUT2D eigenvalue weighted by Crippen LogP contribution is -2.40. The van der Waals surface area contributed by atoms with Gasteiger partial charge < -0.3 is 19.5 Å². The topological polar surface area (TPSA) is 48.7 Å². The van der Waals surface area contributed by atoms with Crippen LogP contribution in [0, 0.1) is 5.92 Å². The van der Waals surface area contributed by atoms with Crippen molar-refractivity contribution in [2.45, 2.75) is 64.3 Å². The van der Waals surface area contributed by atoms with Crippen LogP contribution in [-0.2, 0) is 6.54 Å². The first-order valence-corrected chi connectivity index (χ1v) is 14.9. The molecule has 2 fully saturated rings. The van der Waals surface area contributed by atoms with Crippen molar-refractivity contribution in [3.05, 3.63) is 39.7 Å². The molecule has 3 aliphatic rings. The average Bonchev–Trinajstić information content (AvgIpc) is 3.38. The number of fused-ring (bicyclic) bond motifs is 5. The van der Waals surface area contributed by atoms with Crippen LogP contribution in [0.5, 0.6) is 0 Å². The largest absolute Gasteiger partial charge is 0.477 e. The van der Waals surface area contributed by atoms with Crippen LogP contribution in [-0.4, -0.2) is 53.3 Å². The van der Waals surface area contributed by atoms with Crippen LogP contribution < -0.4 is 4.90 Å². The highest BCUT2D eigenvalue weighted by Gasteiger charge is 2.32. The number of rotatable bonds is 5. The zero-order valence-electron chi connectivity index (χ0n) is 21.1. The number of nitrogens with zero attached hydrogens (tertiary/aromatic N) is 3. The Balaban J connectivity index is 1.44. The van der Waals surface area contributed by atoms with E-state index in [0.717, 1.165) is 42.6 Å². The molecule has 4 heterocycles. The summed E-state index contributed by atoms with van der Waals surface area (Å²) >= 11 is 8.05. The number of anilines is 1. The predicted molar refractivity (Wildman–Crippen MR) is 150 cm³/mol. The summed E-state index contributed by atoms with van der Waals surface area (Å²) in [7, 11) is 0. The van der Waals surface area contributed by atoms with E-state index >= 15 is 0 Å². The van der Waals surface area contributed by atoms with Gasteiger partial charge in [0, 0.05) is 49.0 Å². The fourth-order valence-corrected chi connectivity index (χ4v) is 8.13. The molecular weight excluding hydrogens is 490 g/mol. The van der Waals surface area contributed by atoms with E-state index < -0.39 is 5.97 Å². The molecule has 0 radical (unpaired) electrons. The van der Waals surface area contributed by atoms with E-state index in [1.807, 2.05) is 12.1 Å². The molecule has 1 saturated carbocycles. The Morgan fingerprint density at radius 3 is 2.67 bits per heavy atom. The number of carboxylic acid groups (broad SMARTS) is 1. The number of hydrogen-bond donors (Lipinski definition) is 1. The van der Waals surface area contributed by atoms with Crippen molar-refractivity contribution in [2.75, 3.05) is 37.6 Å². The van der Waals surface area contributed by atoms with Gasteiger partial charge in [-0.25, -0.2) is 4.79 Å². The third kappa shape index (κ3) is 4.46. The van der Waals surface area contributed by atoms with Gasteiger partial charge in [-0.05, 0) is 73.9 Å². The molecule has 0 bridgehead atoms. The van der Waals surface area contributed by atoms with Gasteiger partial charge in [-0.2, -0.15) is 0 Å².